The lowest BCUT2D eigenvalue weighted by molar-refractivity contribution is -0.136. The molecule has 0 N–H and O–H groups in total. The third-order valence-corrected chi connectivity index (χ3v) is 4.11. The van der Waals surface area contributed by atoms with Crippen LogP contribution in [0.2, 0.25) is 10.0 Å². The molecule has 0 amide bonds. The zero-order valence-corrected chi connectivity index (χ0v) is 15.5. The number of halogens is 5. The Labute approximate surface area is 156 Å². The van der Waals surface area contributed by atoms with Crippen molar-refractivity contribution < 1.29 is 22.7 Å². The van der Waals surface area contributed by atoms with E-state index in [4.69, 9.17) is 23.2 Å². The third kappa shape index (κ3) is 7.50. The number of carbonyl (C=O) groups excluding carboxylic acids is 1. The fourth-order valence-corrected chi connectivity index (χ4v) is 2.98. The molecule has 25 heavy (non-hydrogen) atoms. The Bertz CT molecular complexity index is 714. The van der Waals surface area contributed by atoms with Crippen molar-refractivity contribution in [2.45, 2.75) is 25.8 Å². The van der Waals surface area contributed by atoms with Gasteiger partial charge in [0.1, 0.15) is 11.5 Å². The maximum Gasteiger partial charge on any atom is 0.433 e. The summed E-state index contributed by atoms with van der Waals surface area (Å²) in [6.07, 6.45) is -1.41. The Hall–Kier alpha value is -1.51. The number of allylic oxidation sites excluding steroid dienone is 2. The van der Waals surface area contributed by atoms with Crippen molar-refractivity contribution in [1.29, 1.82) is 0 Å². The molecule has 10 heteroatoms. The second kappa shape index (κ2) is 9.26. The minimum absolute atomic E-state index is 0.114. The summed E-state index contributed by atoms with van der Waals surface area (Å²) in [4.78, 5) is 18.1. The van der Waals surface area contributed by atoms with Crippen molar-refractivity contribution in [2.24, 2.45) is 4.99 Å². The van der Waals surface area contributed by atoms with Crippen LogP contribution in [0.15, 0.2) is 41.5 Å². The van der Waals surface area contributed by atoms with Gasteiger partial charge in [0, 0.05) is 36.7 Å². The first kappa shape index (κ1) is 21.5. The molecule has 0 saturated carbocycles. The Kier molecular flexibility index (Phi) is 7.98. The van der Waals surface area contributed by atoms with Crippen molar-refractivity contribution in [3.8, 4) is 0 Å². The molecule has 0 fully saturated rings. The normalized spacial score (nSPS) is 12.9. The van der Waals surface area contributed by atoms with Gasteiger partial charge in [-0.25, -0.2) is 4.99 Å². The van der Waals surface area contributed by atoms with E-state index in [1.165, 1.54) is 19.3 Å². The number of thioether (sulfide) groups is 1. The zero-order chi connectivity index (χ0) is 19.2. The lowest BCUT2D eigenvalue weighted by Crippen LogP contribution is -2.12. The molecule has 1 aromatic rings. The fourth-order valence-electron chi connectivity index (χ4n) is 1.50. The van der Waals surface area contributed by atoms with Crippen LogP contribution in [0.25, 0.3) is 0 Å². The van der Waals surface area contributed by atoms with Crippen LogP contribution in [0.3, 0.4) is 0 Å². The van der Waals surface area contributed by atoms with Crippen LogP contribution in [0.1, 0.15) is 19.4 Å². The molecule has 0 bridgehead atoms. The van der Waals surface area contributed by atoms with Crippen molar-refractivity contribution in [3.05, 3.63) is 52.1 Å². The second-order valence-electron chi connectivity index (χ2n) is 4.59. The summed E-state index contributed by atoms with van der Waals surface area (Å²) in [6.45, 7) is 5.69. The second-order valence-corrected chi connectivity index (χ2v) is 6.57. The molecule has 0 unspecified atom stereocenters. The first-order valence-corrected chi connectivity index (χ1v) is 8.37. The number of rotatable bonds is 5. The molecule has 1 rings (SSSR count). The smallest absolute Gasteiger partial charge is 0.427 e. The fraction of sp³-hybridized carbons (Fsp3) is 0.267. The number of ether oxygens (including phenoxy) is 1. The SMILES string of the molecule is C=C(/C=C(\N=C(C)SCc1c(Cl)cncc1Cl)C(F)(F)F)OC(C)=O. The number of aromatic nitrogens is 1. The van der Waals surface area contributed by atoms with E-state index in [1.54, 1.807) is 0 Å². The van der Waals surface area contributed by atoms with E-state index in [2.05, 4.69) is 21.3 Å². The average molecular weight is 413 g/mol. The Balaban J connectivity index is 2.96. The van der Waals surface area contributed by atoms with Crippen LogP contribution in [0.5, 0.6) is 0 Å². The van der Waals surface area contributed by atoms with Gasteiger partial charge in [-0.3, -0.25) is 9.78 Å². The number of nitrogens with zero attached hydrogens (tertiary/aromatic N) is 2. The van der Waals surface area contributed by atoms with E-state index in [0.29, 0.717) is 21.7 Å². The summed E-state index contributed by atoms with van der Waals surface area (Å²) in [5, 5.41) is 0.730. The van der Waals surface area contributed by atoms with E-state index < -0.39 is 23.6 Å². The molecule has 0 atom stereocenters. The number of hydrogen-bond donors (Lipinski definition) is 0. The summed E-state index contributed by atoms with van der Waals surface area (Å²) in [5.41, 5.74) is -0.699. The minimum Gasteiger partial charge on any atom is -0.427 e. The highest BCUT2D eigenvalue weighted by Crippen LogP contribution is 2.31. The van der Waals surface area contributed by atoms with Gasteiger partial charge in [0.2, 0.25) is 0 Å². The topological polar surface area (TPSA) is 51.6 Å². The van der Waals surface area contributed by atoms with Gasteiger partial charge in [-0.2, -0.15) is 13.2 Å². The Morgan fingerprint density at radius 1 is 1.36 bits per heavy atom. The van der Waals surface area contributed by atoms with Crippen LogP contribution >= 0.6 is 35.0 Å². The van der Waals surface area contributed by atoms with Crippen LogP contribution in [-0.2, 0) is 15.3 Å². The molecule has 4 nitrogen and oxygen atoms in total. The first-order chi connectivity index (χ1) is 11.5. The number of hydrogen-bond acceptors (Lipinski definition) is 5. The summed E-state index contributed by atoms with van der Waals surface area (Å²) in [6, 6.07) is 0. The predicted molar refractivity (Wildman–Crippen MR) is 93.7 cm³/mol. The molecule has 0 aliphatic carbocycles. The molecule has 0 saturated heterocycles. The van der Waals surface area contributed by atoms with Gasteiger partial charge >= 0.3 is 12.1 Å². The molecule has 1 aromatic heterocycles. The summed E-state index contributed by atoms with van der Waals surface area (Å²) in [5.74, 6) is -1.02. The zero-order valence-electron chi connectivity index (χ0n) is 13.2. The highest BCUT2D eigenvalue weighted by Gasteiger charge is 2.34. The standard InChI is InChI=1S/C15H13Cl2F3N2O2S/c1-8(24-10(3)23)4-14(15(18,19)20)22-9(2)25-7-11-12(16)5-21-6-13(11)17/h4-6H,1,7H2,2-3H3/b14-4-,22-9?. The van der Waals surface area contributed by atoms with E-state index >= 15 is 0 Å². The highest BCUT2D eigenvalue weighted by atomic mass is 35.5. The maximum absolute atomic E-state index is 13.1. The van der Waals surface area contributed by atoms with Crippen molar-refractivity contribution in [2.75, 3.05) is 0 Å². The average Bonchev–Trinajstić information content (AvgIpc) is 2.44. The van der Waals surface area contributed by atoms with E-state index in [1.807, 2.05) is 0 Å². The molecule has 0 aliphatic heterocycles. The van der Waals surface area contributed by atoms with Crippen LogP contribution in [-0.4, -0.2) is 22.2 Å². The number of pyridine rings is 1. The first-order valence-electron chi connectivity index (χ1n) is 6.63. The van der Waals surface area contributed by atoms with Crippen LogP contribution in [0, 0.1) is 0 Å². The molecule has 0 aromatic carbocycles. The van der Waals surface area contributed by atoms with E-state index in [-0.39, 0.29) is 10.8 Å². The Morgan fingerprint density at radius 3 is 2.40 bits per heavy atom. The molecule has 0 aliphatic rings. The summed E-state index contributed by atoms with van der Waals surface area (Å²) < 4.78 is 43.6. The van der Waals surface area contributed by atoms with Crippen molar-refractivity contribution >= 4 is 46.0 Å². The van der Waals surface area contributed by atoms with Gasteiger partial charge < -0.3 is 4.74 Å². The largest absolute Gasteiger partial charge is 0.433 e. The van der Waals surface area contributed by atoms with Gasteiger partial charge in [0.15, 0.2) is 0 Å². The predicted octanol–water partition coefficient (Wildman–Crippen LogP) is 5.56. The lowest BCUT2D eigenvalue weighted by Gasteiger charge is -2.10. The number of carbonyl (C=O) groups is 1. The highest BCUT2D eigenvalue weighted by molar-refractivity contribution is 8.13. The number of aliphatic imine (C=N–C) groups is 1. The van der Waals surface area contributed by atoms with E-state index in [9.17, 15) is 18.0 Å². The van der Waals surface area contributed by atoms with Gasteiger partial charge in [-0.1, -0.05) is 29.8 Å². The van der Waals surface area contributed by atoms with Crippen LogP contribution < -0.4 is 0 Å². The third-order valence-electron chi connectivity index (χ3n) is 2.52. The van der Waals surface area contributed by atoms with Crippen molar-refractivity contribution in [3.63, 3.8) is 0 Å². The quantitative estimate of drug-likeness (QED) is 0.208. The molecule has 0 spiro atoms. The van der Waals surface area contributed by atoms with Crippen LogP contribution in [0.4, 0.5) is 13.2 Å². The summed E-state index contributed by atoms with van der Waals surface area (Å²) in [7, 11) is 0. The van der Waals surface area contributed by atoms with Gasteiger partial charge in [-0.15, -0.1) is 11.8 Å². The summed E-state index contributed by atoms with van der Waals surface area (Å²) >= 11 is 12.9. The molecule has 136 valence electrons. The van der Waals surface area contributed by atoms with Crippen molar-refractivity contribution in [1.82, 2.24) is 4.98 Å². The van der Waals surface area contributed by atoms with Gasteiger partial charge in [-0.05, 0) is 6.92 Å². The van der Waals surface area contributed by atoms with E-state index in [0.717, 1.165) is 18.7 Å². The van der Waals surface area contributed by atoms with Gasteiger partial charge in [0.25, 0.3) is 0 Å². The number of esters is 1. The minimum atomic E-state index is -4.74. The van der Waals surface area contributed by atoms with Gasteiger partial charge in [0.05, 0.1) is 15.1 Å². The molecule has 1 heterocycles. The lowest BCUT2D eigenvalue weighted by atomic mass is 10.3. The molecule has 0 radical (unpaired) electrons. The number of alkyl halides is 3. The monoisotopic (exact) mass is 412 g/mol. The molecular formula is C15H13Cl2F3N2O2S. The maximum atomic E-state index is 13.1. The molecular weight excluding hydrogens is 400 g/mol. The Morgan fingerprint density at radius 2 is 1.92 bits per heavy atom.